The van der Waals surface area contributed by atoms with Crippen molar-refractivity contribution >= 4 is 90.3 Å². The summed E-state index contributed by atoms with van der Waals surface area (Å²) >= 11 is 0. The smallest absolute Gasteiger partial charge is 0.291 e. The molecule has 0 bridgehead atoms. The minimum Gasteiger partial charge on any atom is -0.309 e. The van der Waals surface area contributed by atoms with E-state index in [1.807, 2.05) is 0 Å². The normalized spacial score (nSPS) is 12.8. The Bertz CT molecular complexity index is 3290. The van der Waals surface area contributed by atoms with Gasteiger partial charge in [0.25, 0.3) is 13.4 Å². The summed E-state index contributed by atoms with van der Waals surface area (Å²) in [5.41, 5.74) is 16.9. The molecule has 3 aromatic heterocycles. The van der Waals surface area contributed by atoms with E-state index in [0.717, 1.165) is 50.0 Å². The summed E-state index contributed by atoms with van der Waals surface area (Å²) in [7, 11) is 0. The van der Waals surface area contributed by atoms with Gasteiger partial charge < -0.3 is 4.57 Å². The molecular weight excluding hydrogens is 704 g/mol. The van der Waals surface area contributed by atoms with E-state index in [1.165, 1.54) is 54.9 Å². The van der Waals surface area contributed by atoms with Gasteiger partial charge in [-0.05, 0) is 52.6 Å². The average Bonchev–Trinajstić information content (AvgIpc) is 4.01. The van der Waals surface area contributed by atoms with Crippen molar-refractivity contribution in [3.8, 4) is 33.9 Å². The highest BCUT2D eigenvalue weighted by Crippen LogP contribution is 2.41. The second kappa shape index (κ2) is 12.0. The topological polar surface area (TPSA) is 48.5 Å². The molecule has 11 aromatic rings. The number of hydrogen-bond acceptors (Lipinski definition) is 3. The van der Waals surface area contributed by atoms with Crippen LogP contribution in [0.3, 0.4) is 0 Å². The zero-order chi connectivity index (χ0) is 37.9. The molecule has 2 aliphatic heterocycles. The molecule has 5 heterocycles. The van der Waals surface area contributed by atoms with Crippen molar-refractivity contribution in [3.05, 3.63) is 188 Å². The quantitative estimate of drug-likeness (QED) is 0.182. The Hall–Kier alpha value is -7.50. The molecule has 0 atom stereocenters. The fourth-order valence-electron chi connectivity index (χ4n) is 10.2. The first kappa shape index (κ1) is 31.7. The van der Waals surface area contributed by atoms with Gasteiger partial charge in [-0.2, -0.15) is 0 Å². The summed E-state index contributed by atoms with van der Waals surface area (Å²) in [6.45, 7) is -0.319. The summed E-state index contributed by atoms with van der Waals surface area (Å²) in [6.07, 6.45) is 0. The molecule has 0 fully saturated rings. The summed E-state index contributed by atoms with van der Waals surface area (Å²) in [4.78, 5) is 16.8. The molecule has 7 heteroatoms. The maximum atomic E-state index is 5.63. The predicted octanol–water partition coefficient (Wildman–Crippen LogP) is 7.06. The molecular formula is C51H31B2N5. The van der Waals surface area contributed by atoms with Crippen molar-refractivity contribution in [1.29, 1.82) is 0 Å². The highest BCUT2D eigenvalue weighted by Gasteiger charge is 2.40. The van der Waals surface area contributed by atoms with Gasteiger partial charge in [0, 0.05) is 27.2 Å². The zero-order valence-electron chi connectivity index (χ0n) is 31.3. The molecule has 58 heavy (non-hydrogen) atoms. The van der Waals surface area contributed by atoms with Crippen molar-refractivity contribution in [2.75, 3.05) is 0 Å². The summed E-state index contributed by atoms with van der Waals surface area (Å²) in [5.74, 6) is 0.624. The van der Waals surface area contributed by atoms with E-state index in [9.17, 15) is 0 Å². The molecule has 0 N–H and O–H groups in total. The molecule has 8 aromatic carbocycles. The molecule has 2 aliphatic rings. The lowest BCUT2D eigenvalue weighted by Crippen LogP contribution is -2.59. The fourth-order valence-corrected chi connectivity index (χ4v) is 10.2. The maximum absolute atomic E-state index is 5.63. The number of hydrogen-bond donors (Lipinski definition) is 0. The summed E-state index contributed by atoms with van der Waals surface area (Å²) < 4.78 is 4.71. The van der Waals surface area contributed by atoms with Crippen LogP contribution >= 0.6 is 0 Å². The Morgan fingerprint density at radius 1 is 0.328 bits per heavy atom. The van der Waals surface area contributed by atoms with Crippen molar-refractivity contribution in [1.82, 2.24) is 24.1 Å². The third-order valence-electron chi connectivity index (χ3n) is 12.5. The standard InChI is InChI=1S/C51H31B2N5/c1-2-16-32(17-3-1)57-45-29-15-9-23-39(45)47-46(57)31-30-38-37-22-8-14-28-44(37)58(48(38)47)51-55-49(52-40-24-10-4-18-33(40)34-19-5-11-25-41(34)52)54-50(56-51)53-42-26-12-6-20-35(42)36-21-7-13-27-43(36)53/h1-31H. The maximum Gasteiger partial charge on any atom is 0.291 e. The largest absolute Gasteiger partial charge is 0.309 e. The molecule has 0 aliphatic carbocycles. The van der Waals surface area contributed by atoms with E-state index in [-0.39, 0.29) is 13.4 Å². The van der Waals surface area contributed by atoms with Crippen molar-refractivity contribution in [2.45, 2.75) is 0 Å². The number of aromatic nitrogens is 5. The van der Waals surface area contributed by atoms with Crippen molar-refractivity contribution in [3.63, 3.8) is 0 Å². The molecule has 266 valence electrons. The fraction of sp³-hybridized carbons (Fsp3) is 0. The lowest BCUT2D eigenvalue weighted by molar-refractivity contribution is 0.984. The van der Waals surface area contributed by atoms with Crippen LogP contribution in [0, 0.1) is 0 Å². The van der Waals surface area contributed by atoms with Crippen LogP contribution in [0.15, 0.2) is 188 Å². The Balaban J connectivity index is 1.17. The van der Waals surface area contributed by atoms with Gasteiger partial charge >= 0.3 is 0 Å². The molecule has 0 saturated heterocycles. The van der Waals surface area contributed by atoms with Crippen LogP contribution in [0.4, 0.5) is 0 Å². The Morgan fingerprint density at radius 3 is 1.33 bits per heavy atom. The number of nitrogens with zero attached hydrogens (tertiary/aromatic N) is 5. The molecule has 5 nitrogen and oxygen atoms in total. The third-order valence-corrected chi connectivity index (χ3v) is 12.5. The number of para-hydroxylation sites is 3. The molecule has 0 amide bonds. The molecule has 0 unspecified atom stereocenters. The van der Waals surface area contributed by atoms with Gasteiger partial charge in [-0.3, -0.25) is 4.57 Å². The first-order chi connectivity index (χ1) is 28.8. The van der Waals surface area contributed by atoms with Gasteiger partial charge in [-0.15, -0.1) is 0 Å². The highest BCUT2D eigenvalue weighted by atomic mass is 15.2. The number of rotatable bonds is 4. The van der Waals surface area contributed by atoms with E-state index < -0.39 is 0 Å². The monoisotopic (exact) mass is 735 g/mol. The average molecular weight is 735 g/mol. The van der Waals surface area contributed by atoms with Crippen molar-refractivity contribution < 1.29 is 0 Å². The predicted molar refractivity (Wildman–Crippen MR) is 242 cm³/mol. The van der Waals surface area contributed by atoms with E-state index >= 15 is 0 Å². The van der Waals surface area contributed by atoms with Crippen LogP contribution in [-0.2, 0) is 0 Å². The van der Waals surface area contributed by atoms with Gasteiger partial charge in [0.1, 0.15) is 11.4 Å². The Kier molecular flexibility index (Phi) is 6.55. The molecule has 0 spiro atoms. The van der Waals surface area contributed by atoms with Gasteiger partial charge in [-0.25, -0.2) is 15.0 Å². The Morgan fingerprint density at radius 2 is 0.776 bits per heavy atom. The highest BCUT2D eigenvalue weighted by molar-refractivity contribution is 7.00. The van der Waals surface area contributed by atoms with Crippen LogP contribution in [-0.4, -0.2) is 37.5 Å². The van der Waals surface area contributed by atoms with Crippen LogP contribution in [0.2, 0.25) is 0 Å². The van der Waals surface area contributed by atoms with Crippen LogP contribution in [0.25, 0.3) is 77.5 Å². The van der Waals surface area contributed by atoms with Gasteiger partial charge in [-0.1, -0.05) is 180 Å². The molecule has 0 saturated carbocycles. The number of benzene rings is 8. The summed E-state index contributed by atoms with van der Waals surface area (Å²) in [5, 5.41) is 4.68. The second-order valence-electron chi connectivity index (χ2n) is 15.5. The third kappa shape index (κ3) is 4.30. The molecule has 13 rings (SSSR count). The minimum atomic E-state index is -0.159. The van der Waals surface area contributed by atoms with Crippen LogP contribution in [0.5, 0.6) is 0 Å². The van der Waals surface area contributed by atoms with E-state index in [2.05, 4.69) is 197 Å². The number of fused-ring (bicyclic) bond motifs is 13. The van der Waals surface area contributed by atoms with Crippen LogP contribution < -0.4 is 33.3 Å². The zero-order valence-corrected chi connectivity index (χ0v) is 31.3. The van der Waals surface area contributed by atoms with Gasteiger partial charge in [0.15, 0.2) is 0 Å². The SMILES string of the molecule is c1ccc(-n2c3ccccc3c3c2ccc2c4ccccc4n(-c4nc(B5c6ccccc6-c6ccccc65)nc(B5c6ccccc6-c6ccccc65)n4)c23)cc1. The minimum absolute atomic E-state index is 0.159. The van der Waals surface area contributed by atoms with E-state index in [4.69, 9.17) is 15.0 Å². The van der Waals surface area contributed by atoms with Crippen LogP contribution in [0.1, 0.15) is 0 Å². The molecule has 0 radical (unpaired) electrons. The lowest BCUT2D eigenvalue weighted by Gasteiger charge is -2.17. The Labute approximate surface area is 335 Å². The lowest BCUT2D eigenvalue weighted by atomic mass is 9.40. The first-order valence-electron chi connectivity index (χ1n) is 20.0. The van der Waals surface area contributed by atoms with Gasteiger partial charge in [0.2, 0.25) is 5.95 Å². The van der Waals surface area contributed by atoms with E-state index in [1.54, 1.807) is 0 Å². The van der Waals surface area contributed by atoms with Gasteiger partial charge in [0.05, 0.1) is 22.1 Å². The summed E-state index contributed by atoms with van der Waals surface area (Å²) in [6, 6.07) is 67.6. The second-order valence-corrected chi connectivity index (χ2v) is 15.5. The first-order valence-corrected chi connectivity index (χ1v) is 20.0. The van der Waals surface area contributed by atoms with Crippen molar-refractivity contribution in [2.24, 2.45) is 0 Å². The van der Waals surface area contributed by atoms with E-state index in [0.29, 0.717) is 5.95 Å².